The second kappa shape index (κ2) is 7.12. The number of benzene rings is 1. The molecule has 2 rings (SSSR count). The van der Waals surface area contributed by atoms with E-state index in [-0.39, 0.29) is 35.9 Å². The van der Waals surface area contributed by atoms with Crippen molar-refractivity contribution in [1.82, 2.24) is 0 Å². The van der Waals surface area contributed by atoms with Gasteiger partial charge in [0.25, 0.3) is 0 Å². The summed E-state index contributed by atoms with van der Waals surface area (Å²) in [7, 11) is -2.97. The van der Waals surface area contributed by atoms with Gasteiger partial charge >= 0.3 is 5.97 Å². The zero-order chi connectivity index (χ0) is 17.0. The summed E-state index contributed by atoms with van der Waals surface area (Å²) < 4.78 is 27.8. The van der Waals surface area contributed by atoms with E-state index in [4.69, 9.17) is 4.74 Å². The van der Waals surface area contributed by atoms with Gasteiger partial charge in [0.1, 0.15) is 0 Å². The molecular weight excluding hydrogens is 318 g/mol. The van der Waals surface area contributed by atoms with Crippen LogP contribution in [0.3, 0.4) is 0 Å². The molecule has 1 aromatic carbocycles. The van der Waals surface area contributed by atoms with Crippen LogP contribution in [0.2, 0.25) is 0 Å². The first-order valence-corrected chi connectivity index (χ1v) is 9.38. The summed E-state index contributed by atoms with van der Waals surface area (Å²) in [6.45, 7) is 3.55. The molecule has 0 spiro atoms. The smallest absolute Gasteiger partial charge is 0.338 e. The summed E-state index contributed by atoms with van der Waals surface area (Å²) in [6.07, 6.45) is 0.538. The summed E-state index contributed by atoms with van der Waals surface area (Å²) in [4.78, 5) is 23.7. The van der Waals surface area contributed by atoms with Crippen molar-refractivity contribution < 1.29 is 22.7 Å². The standard InChI is InChI=1S/C16H21NO5S/c1-11(2)22-16(19)13-3-5-14(6-4-13)17-15(18)9-12-7-8-23(20,21)10-12/h3-6,11-12H,7-10H2,1-2H3,(H,17,18)/t12-/m0/s1. The summed E-state index contributed by atoms with van der Waals surface area (Å²) in [5, 5.41) is 2.72. The van der Waals surface area contributed by atoms with E-state index in [1.54, 1.807) is 38.1 Å². The second-order valence-corrected chi connectivity index (χ2v) is 8.28. The molecule has 7 heteroatoms. The van der Waals surface area contributed by atoms with E-state index in [1.807, 2.05) is 0 Å². The number of anilines is 1. The molecule has 0 aromatic heterocycles. The molecule has 0 saturated carbocycles. The minimum Gasteiger partial charge on any atom is -0.459 e. The highest BCUT2D eigenvalue weighted by Gasteiger charge is 2.29. The minimum atomic E-state index is -2.97. The van der Waals surface area contributed by atoms with Crippen LogP contribution in [0.1, 0.15) is 37.0 Å². The van der Waals surface area contributed by atoms with Gasteiger partial charge in [-0.25, -0.2) is 13.2 Å². The molecule has 1 fully saturated rings. The molecule has 0 aliphatic carbocycles. The number of hydrogen-bond donors (Lipinski definition) is 1. The number of rotatable bonds is 5. The Morgan fingerprint density at radius 2 is 1.91 bits per heavy atom. The fourth-order valence-corrected chi connectivity index (χ4v) is 4.34. The second-order valence-electron chi connectivity index (χ2n) is 6.05. The van der Waals surface area contributed by atoms with Crippen molar-refractivity contribution in [3.63, 3.8) is 0 Å². The lowest BCUT2D eigenvalue weighted by Gasteiger charge is -2.10. The molecule has 0 radical (unpaired) electrons. The molecule has 1 N–H and O–H groups in total. The number of amides is 1. The van der Waals surface area contributed by atoms with E-state index in [0.717, 1.165) is 0 Å². The minimum absolute atomic E-state index is 0.0837. The van der Waals surface area contributed by atoms with Gasteiger partial charge in [0.05, 0.1) is 23.2 Å². The van der Waals surface area contributed by atoms with Crippen LogP contribution in [0.25, 0.3) is 0 Å². The zero-order valence-corrected chi connectivity index (χ0v) is 14.1. The molecule has 0 bridgehead atoms. The maximum atomic E-state index is 11.9. The molecule has 1 atom stereocenters. The van der Waals surface area contributed by atoms with Gasteiger partial charge in [-0.1, -0.05) is 0 Å². The van der Waals surface area contributed by atoms with Gasteiger partial charge in [-0.2, -0.15) is 0 Å². The van der Waals surface area contributed by atoms with E-state index in [2.05, 4.69) is 5.32 Å². The number of carbonyl (C=O) groups excluding carboxylic acids is 2. The van der Waals surface area contributed by atoms with E-state index in [1.165, 1.54) is 0 Å². The predicted molar refractivity (Wildman–Crippen MR) is 87.0 cm³/mol. The number of nitrogens with one attached hydrogen (secondary N) is 1. The third-order valence-corrected chi connectivity index (χ3v) is 5.38. The molecule has 1 aliphatic rings. The van der Waals surface area contributed by atoms with Crippen LogP contribution in [0.5, 0.6) is 0 Å². The maximum Gasteiger partial charge on any atom is 0.338 e. The van der Waals surface area contributed by atoms with Crippen LogP contribution in [0.4, 0.5) is 5.69 Å². The fraction of sp³-hybridized carbons (Fsp3) is 0.500. The average Bonchev–Trinajstić information content (AvgIpc) is 2.77. The molecule has 1 saturated heterocycles. The van der Waals surface area contributed by atoms with Crippen LogP contribution < -0.4 is 5.32 Å². The zero-order valence-electron chi connectivity index (χ0n) is 13.2. The Balaban J connectivity index is 1.88. The highest BCUT2D eigenvalue weighted by molar-refractivity contribution is 7.91. The lowest BCUT2D eigenvalue weighted by atomic mass is 10.0. The Morgan fingerprint density at radius 1 is 1.26 bits per heavy atom. The number of sulfone groups is 1. The van der Waals surface area contributed by atoms with Gasteiger partial charge in [-0.3, -0.25) is 4.79 Å². The third-order valence-electron chi connectivity index (χ3n) is 3.55. The van der Waals surface area contributed by atoms with Crippen LogP contribution in [-0.2, 0) is 19.4 Å². The van der Waals surface area contributed by atoms with Crippen molar-refractivity contribution in [3.05, 3.63) is 29.8 Å². The van der Waals surface area contributed by atoms with Gasteiger partial charge in [0.15, 0.2) is 9.84 Å². The highest BCUT2D eigenvalue weighted by atomic mass is 32.2. The lowest BCUT2D eigenvalue weighted by Crippen LogP contribution is -2.17. The van der Waals surface area contributed by atoms with E-state index < -0.39 is 15.8 Å². The molecule has 1 aromatic rings. The van der Waals surface area contributed by atoms with Crippen LogP contribution in [-0.4, -0.2) is 37.9 Å². The fourth-order valence-electron chi connectivity index (χ4n) is 2.48. The quantitative estimate of drug-likeness (QED) is 0.829. The monoisotopic (exact) mass is 339 g/mol. The summed E-state index contributed by atoms with van der Waals surface area (Å²) >= 11 is 0. The number of ether oxygens (including phenoxy) is 1. The number of esters is 1. The van der Waals surface area contributed by atoms with Crippen molar-refractivity contribution in [1.29, 1.82) is 0 Å². The van der Waals surface area contributed by atoms with Gasteiger partial charge in [-0.05, 0) is 50.5 Å². The van der Waals surface area contributed by atoms with Crippen LogP contribution in [0.15, 0.2) is 24.3 Å². The first kappa shape index (κ1) is 17.5. The van der Waals surface area contributed by atoms with Crippen molar-refractivity contribution in [3.8, 4) is 0 Å². The first-order chi connectivity index (χ1) is 10.7. The van der Waals surface area contributed by atoms with Crippen LogP contribution in [0, 0.1) is 5.92 Å². The molecule has 1 heterocycles. The topological polar surface area (TPSA) is 89.5 Å². The molecule has 6 nitrogen and oxygen atoms in total. The van der Waals surface area contributed by atoms with E-state index >= 15 is 0 Å². The molecular formula is C16H21NO5S. The van der Waals surface area contributed by atoms with Gasteiger partial charge in [0.2, 0.25) is 5.91 Å². The molecule has 23 heavy (non-hydrogen) atoms. The number of hydrogen-bond acceptors (Lipinski definition) is 5. The molecule has 0 unspecified atom stereocenters. The Bertz CT molecular complexity index is 679. The lowest BCUT2D eigenvalue weighted by molar-refractivity contribution is -0.116. The summed E-state index contributed by atoms with van der Waals surface area (Å²) in [5.41, 5.74) is 0.982. The summed E-state index contributed by atoms with van der Waals surface area (Å²) in [5.74, 6) is -0.489. The van der Waals surface area contributed by atoms with Crippen molar-refractivity contribution >= 4 is 27.4 Å². The average molecular weight is 339 g/mol. The van der Waals surface area contributed by atoms with Crippen LogP contribution >= 0.6 is 0 Å². The predicted octanol–water partition coefficient (Wildman–Crippen LogP) is 2.02. The molecule has 1 aliphatic heterocycles. The van der Waals surface area contributed by atoms with Gasteiger partial charge in [0, 0.05) is 12.1 Å². The normalized spacial score (nSPS) is 19.5. The SMILES string of the molecule is CC(C)OC(=O)c1ccc(NC(=O)C[C@@H]2CCS(=O)(=O)C2)cc1. The van der Waals surface area contributed by atoms with E-state index in [9.17, 15) is 18.0 Å². The van der Waals surface area contributed by atoms with Crippen molar-refractivity contribution in [2.75, 3.05) is 16.8 Å². The van der Waals surface area contributed by atoms with Gasteiger partial charge in [-0.15, -0.1) is 0 Å². The largest absolute Gasteiger partial charge is 0.459 e. The van der Waals surface area contributed by atoms with E-state index in [0.29, 0.717) is 17.7 Å². The first-order valence-electron chi connectivity index (χ1n) is 7.56. The summed E-state index contributed by atoms with van der Waals surface area (Å²) in [6, 6.07) is 6.42. The molecule has 126 valence electrons. The van der Waals surface area contributed by atoms with Gasteiger partial charge < -0.3 is 10.1 Å². The van der Waals surface area contributed by atoms with Crippen molar-refractivity contribution in [2.45, 2.75) is 32.8 Å². The highest BCUT2D eigenvalue weighted by Crippen LogP contribution is 2.22. The Kier molecular flexibility index (Phi) is 5.41. The number of carbonyl (C=O) groups is 2. The Morgan fingerprint density at radius 3 is 2.43 bits per heavy atom. The maximum absolute atomic E-state index is 11.9. The third kappa shape index (κ3) is 5.35. The Hall–Kier alpha value is -1.89. The van der Waals surface area contributed by atoms with Crippen molar-refractivity contribution in [2.24, 2.45) is 5.92 Å². The molecule has 1 amide bonds. The Labute approximate surface area is 136 Å².